The van der Waals surface area contributed by atoms with E-state index >= 15 is 0 Å². The van der Waals surface area contributed by atoms with Crippen LogP contribution >= 0.6 is 11.3 Å². The Balaban J connectivity index is 1.57. The lowest BCUT2D eigenvalue weighted by molar-refractivity contribution is -0.136. The largest absolute Gasteiger partial charge is 0.493 e. The first kappa shape index (κ1) is 25.7. The molecule has 8 heteroatoms. The Morgan fingerprint density at radius 2 is 1.86 bits per heavy atom. The average Bonchev–Trinajstić information content (AvgIpc) is 3.39. The number of carbonyl (C=O) groups is 2. The molecule has 3 aromatic rings. The predicted molar refractivity (Wildman–Crippen MR) is 138 cm³/mol. The van der Waals surface area contributed by atoms with Gasteiger partial charge in [0.2, 0.25) is 5.91 Å². The predicted octanol–water partition coefficient (Wildman–Crippen LogP) is 5.34. The summed E-state index contributed by atoms with van der Waals surface area (Å²) < 4.78 is 25.9. The summed E-state index contributed by atoms with van der Waals surface area (Å²) in [5.41, 5.74) is 1.03. The van der Waals surface area contributed by atoms with Gasteiger partial charge in [0.05, 0.1) is 18.7 Å². The molecule has 2 amide bonds. The lowest BCUT2D eigenvalue weighted by atomic mass is 10.00. The molecule has 1 aliphatic heterocycles. The van der Waals surface area contributed by atoms with Crippen LogP contribution < -0.4 is 9.47 Å². The molecular formula is C28H31FN2O4S. The Hall–Kier alpha value is -3.39. The van der Waals surface area contributed by atoms with Gasteiger partial charge in [-0.1, -0.05) is 31.2 Å². The number of methoxy groups -OCH3 is 1. The fourth-order valence-electron chi connectivity index (χ4n) is 4.46. The van der Waals surface area contributed by atoms with Crippen LogP contribution in [0.1, 0.15) is 47.1 Å². The highest BCUT2D eigenvalue weighted by Crippen LogP contribution is 2.35. The third kappa shape index (κ3) is 5.38. The number of hydrogen-bond donors (Lipinski definition) is 0. The van der Waals surface area contributed by atoms with Gasteiger partial charge in [-0.2, -0.15) is 0 Å². The highest BCUT2D eigenvalue weighted by molar-refractivity contribution is 7.10. The van der Waals surface area contributed by atoms with Gasteiger partial charge < -0.3 is 19.3 Å². The van der Waals surface area contributed by atoms with Crippen molar-refractivity contribution in [3.05, 3.63) is 81.8 Å². The number of nitrogens with zero attached hydrogens (tertiary/aromatic N) is 2. The third-order valence-electron chi connectivity index (χ3n) is 6.67. The molecule has 0 saturated carbocycles. The number of carbonyl (C=O) groups excluding carboxylic acids is 2. The Kier molecular flexibility index (Phi) is 8.25. The van der Waals surface area contributed by atoms with Crippen molar-refractivity contribution in [2.75, 3.05) is 26.8 Å². The van der Waals surface area contributed by atoms with E-state index in [1.54, 1.807) is 35.5 Å². The van der Waals surface area contributed by atoms with Gasteiger partial charge in [0.15, 0.2) is 11.5 Å². The van der Waals surface area contributed by atoms with Gasteiger partial charge in [-0.3, -0.25) is 9.59 Å². The second-order valence-corrected chi connectivity index (χ2v) is 9.78. The van der Waals surface area contributed by atoms with Gasteiger partial charge in [0.1, 0.15) is 19.0 Å². The van der Waals surface area contributed by atoms with E-state index in [2.05, 4.69) is 0 Å². The van der Waals surface area contributed by atoms with Crippen LogP contribution in [-0.4, -0.2) is 54.5 Å². The zero-order valence-electron chi connectivity index (χ0n) is 20.8. The molecule has 6 nitrogen and oxygen atoms in total. The molecule has 36 heavy (non-hydrogen) atoms. The summed E-state index contributed by atoms with van der Waals surface area (Å²) >= 11 is 1.67. The minimum atomic E-state index is -0.591. The van der Waals surface area contributed by atoms with E-state index in [0.717, 1.165) is 12.0 Å². The molecule has 1 aromatic heterocycles. The molecule has 2 heterocycles. The Morgan fingerprint density at radius 3 is 2.58 bits per heavy atom. The number of rotatable bonds is 9. The fourth-order valence-corrected chi connectivity index (χ4v) is 5.38. The summed E-state index contributed by atoms with van der Waals surface area (Å²) in [5, 5.41) is 2.03. The molecule has 190 valence electrons. The second kappa shape index (κ2) is 11.6. The molecule has 0 N–H and O–H groups in total. The SMILES string of the molecule is CC[C@@H](C)N(CC(=O)N1CCc2sccc2[C@@H]1COc1ccccc1OC)C(=O)c1ccccc1F. The van der Waals surface area contributed by atoms with Gasteiger partial charge in [-0.15, -0.1) is 11.3 Å². The zero-order valence-corrected chi connectivity index (χ0v) is 21.6. The van der Waals surface area contributed by atoms with Crippen LogP contribution in [0.25, 0.3) is 0 Å². The van der Waals surface area contributed by atoms with Crippen LogP contribution in [0.2, 0.25) is 0 Å². The molecule has 1 aliphatic rings. The first-order chi connectivity index (χ1) is 17.4. The molecule has 2 aromatic carbocycles. The number of benzene rings is 2. The summed E-state index contributed by atoms with van der Waals surface area (Å²) in [4.78, 5) is 31.5. The van der Waals surface area contributed by atoms with E-state index < -0.39 is 11.7 Å². The molecule has 2 atom stereocenters. The van der Waals surface area contributed by atoms with Crippen molar-refractivity contribution in [1.82, 2.24) is 9.80 Å². The standard InChI is InChI=1S/C28H31FN2O4S/c1-4-19(2)31(28(33)20-9-5-6-10-22(20)29)17-27(32)30-15-13-26-21(14-16-36-26)23(30)18-35-25-12-8-7-11-24(25)34-3/h5-12,14,16,19,23H,4,13,15,17-18H2,1-3H3/t19-,23+/m1/s1. The second-order valence-electron chi connectivity index (χ2n) is 8.78. The van der Waals surface area contributed by atoms with Crippen molar-refractivity contribution in [2.45, 2.75) is 38.8 Å². The maximum atomic E-state index is 14.4. The maximum absolute atomic E-state index is 14.4. The molecule has 0 fully saturated rings. The van der Waals surface area contributed by atoms with Gasteiger partial charge >= 0.3 is 0 Å². The average molecular weight is 511 g/mol. The highest BCUT2D eigenvalue weighted by atomic mass is 32.1. The topological polar surface area (TPSA) is 59.1 Å². The van der Waals surface area contributed by atoms with Crippen molar-refractivity contribution in [3.8, 4) is 11.5 Å². The summed E-state index contributed by atoms with van der Waals surface area (Å²) in [5.74, 6) is -0.0376. The smallest absolute Gasteiger partial charge is 0.257 e. The zero-order chi connectivity index (χ0) is 25.7. The lowest BCUT2D eigenvalue weighted by Gasteiger charge is -2.38. The van der Waals surface area contributed by atoms with Crippen LogP contribution in [0, 0.1) is 5.82 Å². The number of amides is 2. The van der Waals surface area contributed by atoms with Crippen LogP contribution in [0.15, 0.2) is 60.0 Å². The van der Waals surface area contributed by atoms with E-state index in [4.69, 9.17) is 9.47 Å². The number of halogens is 1. The summed E-state index contributed by atoms with van der Waals surface area (Å²) in [7, 11) is 1.59. The number of hydrogen-bond acceptors (Lipinski definition) is 5. The van der Waals surface area contributed by atoms with E-state index in [1.807, 2.05) is 49.6 Å². The van der Waals surface area contributed by atoms with Crippen LogP contribution in [0.4, 0.5) is 4.39 Å². The van der Waals surface area contributed by atoms with Gasteiger partial charge in [-0.25, -0.2) is 4.39 Å². The maximum Gasteiger partial charge on any atom is 0.257 e. The Morgan fingerprint density at radius 1 is 1.14 bits per heavy atom. The molecule has 0 spiro atoms. The van der Waals surface area contributed by atoms with Crippen molar-refractivity contribution in [1.29, 1.82) is 0 Å². The summed E-state index contributed by atoms with van der Waals surface area (Å²) in [6.07, 6.45) is 1.39. The first-order valence-electron chi connectivity index (χ1n) is 12.1. The molecule has 0 aliphatic carbocycles. The molecule has 0 radical (unpaired) electrons. The van der Waals surface area contributed by atoms with Crippen molar-refractivity contribution in [2.24, 2.45) is 0 Å². The minimum absolute atomic E-state index is 0.0274. The molecule has 0 saturated heterocycles. The molecule has 4 rings (SSSR count). The fraction of sp³-hybridized carbons (Fsp3) is 0.357. The minimum Gasteiger partial charge on any atom is -0.493 e. The van der Waals surface area contributed by atoms with E-state index in [1.165, 1.54) is 21.9 Å². The summed E-state index contributed by atoms with van der Waals surface area (Å²) in [6.45, 7) is 4.46. The van der Waals surface area contributed by atoms with Crippen LogP contribution in [0.5, 0.6) is 11.5 Å². The number of thiophene rings is 1. The molecule has 0 bridgehead atoms. The highest BCUT2D eigenvalue weighted by Gasteiger charge is 2.35. The molecule has 0 unspecified atom stereocenters. The number of para-hydroxylation sites is 2. The van der Waals surface area contributed by atoms with Crippen molar-refractivity contribution >= 4 is 23.2 Å². The van der Waals surface area contributed by atoms with Crippen molar-refractivity contribution < 1.29 is 23.5 Å². The van der Waals surface area contributed by atoms with Crippen LogP contribution in [-0.2, 0) is 11.2 Å². The van der Waals surface area contributed by atoms with Gasteiger partial charge in [0, 0.05) is 17.5 Å². The van der Waals surface area contributed by atoms with E-state index in [-0.39, 0.29) is 36.7 Å². The Labute approximate surface area is 215 Å². The number of fused-ring (bicyclic) bond motifs is 1. The molecular weight excluding hydrogens is 479 g/mol. The van der Waals surface area contributed by atoms with E-state index in [0.29, 0.717) is 24.5 Å². The normalized spacial score (nSPS) is 15.7. The third-order valence-corrected chi connectivity index (χ3v) is 7.67. The number of ether oxygens (including phenoxy) is 2. The lowest BCUT2D eigenvalue weighted by Crippen LogP contribution is -2.50. The summed E-state index contributed by atoms with van der Waals surface area (Å²) in [6, 6.07) is 14.8. The van der Waals surface area contributed by atoms with Crippen molar-refractivity contribution in [3.63, 3.8) is 0 Å². The van der Waals surface area contributed by atoms with E-state index in [9.17, 15) is 14.0 Å². The van der Waals surface area contributed by atoms with Gasteiger partial charge in [0.25, 0.3) is 5.91 Å². The monoisotopic (exact) mass is 510 g/mol. The quantitative estimate of drug-likeness (QED) is 0.390. The van der Waals surface area contributed by atoms with Crippen LogP contribution in [0.3, 0.4) is 0 Å². The first-order valence-corrected chi connectivity index (χ1v) is 13.0. The Bertz CT molecular complexity index is 1210. The van der Waals surface area contributed by atoms with Gasteiger partial charge in [-0.05, 0) is 61.0 Å².